The third-order valence-corrected chi connectivity index (χ3v) is 6.94. The van der Waals surface area contributed by atoms with E-state index in [1.54, 1.807) is 30.5 Å². The van der Waals surface area contributed by atoms with Crippen LogP contribution < -0.4 is 10.4 Å². The molecule has 0 saturated carbocycles. The number of sulfone groups is 1. The number of alkyl halides is 3. The summed E-state index contributed by atoms with van der Waals surface area (Å²) >= 11 is 0. The maximum atomic E-state index is 13.1. The maximum absolute atomic E-state index is 13.1. The van der Waals surface area contributed by atoms with Crippen molar-refractivity contribution in [3.05, 3.63) is 76.5 Å². The fraction of sp³-hybridized carbons (Fsp3) is 0.182. The van der Waals surface area contributed by atoms with Crippen LogP contribution in [0.25, 0.3) is 16.6 Å². The highest BCUT2D eigenvalue weighted by Gasteiger charge is 2.46. The topological polar surface area (TPSA) is 103 Å². The summed E-state index contributed by atoms with van der Waals surface area (Å²) in [7, 11) is -4.00. The Morgan fingerprint density at radius 2 is 1.76 bits per heavy atom. The number of hydrogen-bond acceptors (Lipinski definition) is 6. The van der Waals surface area contributed by atoms with Crippen LogP contribution in [-0.4, -0.2) is 40.3 Å². The van der Waals surface area contributed by atoms with Gasteiger partial charge >= 0.3 is 11.2 Å². The molecule has 0 amide bonds. The molecule has 0 radical (unpaired) electrons. The fourth-order valence-corrected chi connectivity index (χ4v) is 4.35. The van der Waals surface area contributed by atoms with E-state index in [0.29, 0.717) is 11.3 Å². The van der Waals surface area contributed by atoms with E-state index in [1.165, 1.54) is 18.6 Å². The van der Waals surface area contributed by atoms with Crippen LogP contribution in [0.1, 0.15) is 11.3 Å². The molecule has 12 heteroatoms. The molecule has 0 atom stereocenters. The summed E-state index contributed by atoms with van der Waals surface area (Å²) in [5.41, 5.74) is -4.50. The van der Waals surface area contributed by atoms with Crippen molar-refractivity contribution in [2.75, 3.05) is 7.11 Å². The molecule has 34 heavy (non-hydrogen) atoms. The van der Waals surface area contributed by atoms with Gasteiger partial charge in [0.15, 0.2) is 0 Å². The normalized spacial score (nSPS) is 12.3. The van der Waals surface area contributed by atoms with Gasteiger partial charge in [-0.05, 0) is 55.0 Å². The van der Waals surface area contributed by atoms with Crippen molar-refractivity contribution in [2.24, 2.45) is 0 Å². The Morgan fingerprint density at radius 1 is 1.09 bits per heavy atom. The number of imidazole rings is 1. The third kappa shape index (κ3) is 3.79. The number of aromatic nitrogens is 3. The minimum atomic E-state index is -5.54. The van der Waals surface area contributed by atoms with Gasteiger partial charge in [-0.15, -0.1) is 0 Å². The molecule has 0 saturated heterocycles. The van der Waals surface area contributed by atoms with Crippen LogP contribution >= 0.6 is 0 Å². The van der Waals surface area contributed by atoms with Crippen molar-refractivity contribution < 1.29 is 31.4 Å². The van der Waals surface area contributed by atoms with Gasteiger partial charge in [-0.1, -0.05) is 0 Å². The fourth-order valence-electron chi connectivity index (χ4n) is 3.59. The Morgan fingerprint density at radius 3 is 2.38 bits per heavy atom. The highest BCUT2D eigenvalue weighted by atomic mass is 32.2. The molecule has 0 spiro atoms. The van der Waals surface area contributed by atoms with E-state index < -0.39 is 31.8 Å². The Hall–Kier alpha value is -3.80. The van der Waals surface area contributed by atoms with Gasteiger partial charge < -0.3 is 9.84 Å². The average molecular weight is 493 g/mol. The van der Waals surface area contributed by atoms with Crippen LogP contribution in [0.3, 0.4) is 0 Å². The number of nitrogens with zero attached hydrogens (tertiary/aromatic N) is 3. The number of pyridine rings is 1. The molecule has 2 heterocycles. The van der Waals surface area contributed by atoms with E-state index in [-0.39, 0.29) is 17.9 Å². The molecule has 0 aliphatic carbocycles. The quantitative estimate of drug-likeness (QED) is 0.456. The van der Waals surface area contributed by atoms with Gasteiger partial charge in [-0.3, -0.25) is 9.55 Å². The first-order chi connectivity index (χ1) is 16.0. The zero-order valence-electron chi connectivity index (χ0n) is 17.9. The summed E-state index contributed by atoms with van der Waals surface area (Å²) in [6, 6.07) is 10.5. The smallest absolute Gasteiger partial charge is 0.497 e. The second-order valence-corrected chi connectivity index (χ2v) is 9.35. The minimum absolute atomic E-state index is 0.00907. The molecule has 2 aromatic carbocycles. The van der Waals surface area contributed by atoms with Crippen LogP contribution in [0.2, 0.25) is 0 Å². The van der Waals surface area contributed by atoms with Gasteiger partial charge in [0.1, 0.15) is 5.75 Å². The van der Waals surface area contributed by atoms with Crippen molar-refractivity contribution >= 4 is 20.7 Å². The second-order valence-electron chi connectivity index (χ2n) is 7.41. The number of methoxy groups -OCH3 is 1. The molecule has 178 valence electrons. The summed E-state index contributed by atoms with van der Waals surface area (Å²) < 4.78 is 68.9. The zero-order chi connectivity index (χ0) is 24.8. The summed E-state index contributed by atoms with van der Waals surface area (Å²) in [5.74, 6) is 0.196. The minimum Gasteiger partial charge on any atom is -0.497 e. The molecule has 0 bridgehead atoms. The van der Waals surface area contributed by atoms with E-state index in [4.69, 9.17) is 4.74 Å². The Kier molecular flexibility index (Phi) is 5.64. The first-order valence-corrected chi connectivity index (χ1v) is 11.3. The predicted molar refractivity (Wildman–Crippen MR) is 117 cm³/mol. The van der Waals surface area contributed by atoms with Crippen LogP contribution in [0.15, 0.2) is 64.4 Å². The molecule has 4 rings (SSSR count). The molecule has 0 aliphatic rings. The average Bonchev–Trinajstić information content (AvgIpc) is 3.01. The second kappa shape index (κ2) is 8.20. The van der Waals surface area contributed by atoms with Crippen LogP contribution in [0.5, 0.6) is 11.6 Å². The number of hydrogen-bond donors (Lipinski definition) is 1. The molecule has 4 aromatic rings. The lowest BCUT2D eigenvalue weighted by Crippen LogP contribution is -2.25. The monoisotopic (exact) mass is 493 g/mol. The van der Waals surface area contributed by atoms with E-state index >= 15 is 0 Å². The molecule has 0 aliphatic heterocycles. The van der Waals surface area contributed by atoms with Gasteiger partial charge in [0.25, 0.3) is 9.84 Å². The molecule has 0 fully saturated rings. The SMILES string of the molecule is COc1ccc2c(Cn3c(C)c(O)n(-c4ccc(S(=O)(=O)C(F)(F)F)cc4)c3=O)ccnc2c1. The van der Waals surface area contributed by atoms with Crippen molar-refractivity contribution in [1.82, 2.24) is 14.1 Å². The Bertz CT molecular complexity index is 1560. The predicted octanol–water partition coefficient (Wildman–Crippen LogP) is 3.55. The van der Waals surface area contributed by atoms with E-state index in [9.17, 15) is 31.5 Å². The summed E-state index contributed by atoms with van der Waals surface area (Å²) in [4.78, 5) is 16.5. The van der Waals surface area contributed by atoms with Gasteiger partial charge in [0.2, 0.25) is 5.88 Å². The van der Waals surface area contributed by atoms with Gasteiger partial charge in [0.05, 0.1) is 35.4 Å². The van der Waals surface area contributed by atoms with Crippen LogP contribution in [0.4, 0.5) is 13.2 Å². The standard InChI is InChI=1S/C22H18F3N3O5S/c1-13-20(29)28(15-3-6-17(7-4-15)34(31,32)22(23,24)25)21(30)27(13)12-14-9-10-26-19-11-16(33-2)5-8-18(14)19/h3-11,29H,12H2,1-2H3. The number of fused-ring (bicyclic) bond motifs is 1. The zero-order valence-corrected chi connectivity index (χ0v) is 18.7. The van der Waals surface area contributed by atoms with E-state index in [0.717, 1.165) is 39.8 Å². The lowest BCUT2D eigenvalue weighted by Gasteiger charge is -2.09. The molecule has 8 nitrogen and oxygen atoms in total. The summed E-state index contributed by atoms with van der Waals surface area (Å²) in [6.45, 7) is 1.60. The largest absolute Gasteiger partial charge is 0.501 e. The Balaban J connectivity index is 1.76. The van der Waals surface area contributed by atoms with Gasteiger partial charge in [-0.25, -0.2) is 17.8 Å². The highest BCUT2D eigenvalue weighted by Crippen LogP contribution is 2.31. The molecule has 1 N–H and O–H groups in total. The van der Waals surface area contributed by atoms with Gasteiger partial charge in [0, 0.05) is 17.6 Å². The maximum Gasteiger partial charge on any atom is 0.501 e. The number of ether oxygens (including phenoxy) is 1. The van der Waals surface area contributed by atoms with Crippen LogP contribution in [-0.2, 0) is 16.4 Å². The van der Waals surface area contributed by atoms with Crippen LogP contribution in [0, 0.1) is 6.92 Å². The van der Waals surface area contributed by atoms with Gasteiger partial charge in [-0.2, -0.15) is 13.2 Å². The molecule has 0 unspecified atom stereocenters. The molecular formula is C22H18F3N3O5S. The lowest BCUT2D eigenvalue weighted by atomic mass is 10.1. The summed E-state index contributed by atoms with van der Waals surface area (Å²) in [6.07, 6.45) is 1.58. The van der Waals surface area contributed by atoms with Crippen molar-refractivity contribution in [1.29, 1.82) is 0 Å². The lowest BCUT2D eigenvalue weighted by molar-refractivity contribution is -0.0436. The number of aromatic hydroxyl groups is 1. The van der Waals surface area contributed by atoms with Crippen molar-refractivity contribution in [3.63, 3.8) is 0 Å². The first-order valence-electron chi connectivity index (χ1n) is 9.80. The first kappa shape index (κ1) is 23.4. The summed E-state index contributed by atoms with van der Waals surface area (Å²) in [5, 5.41) is 11.4. The molecular weight excluding hydrogens is 475 g/mol. The number of rotatable bonds is 5. The van der Waals surface area contributed by atoms with Crippen molar-refractivity contribution in [3.8, 4) is 17.3 Å². The Labute approximate surface area is 191 Å². The number of halogens is 3. The highest BCUT2D eigenvalue weighted by molar-refractivity contribution is 7.92. The molecule has 2 aromatic heterocycles. The van der Waals surface area contributed by atoms with Crippen molar-refractivity contribution in [2.45, 2.75) is 23.9 Å². The third-order valence-electron chi connectivity index (χ3n) is 5.44. The number of benzene rings is 2. The van der Waals surface area contributed by atoms with E-state index in [2.05, 4.69) is 4.98 Å². The van der Waals surface area contributed by atoms with E-state index in [1.807, 2.05) is 0 Å².